The third kappa shape index (κ3) is 3.89. The van der Waals surface area contributed by atoms with Gasteiger partial charge in [-0.05, 0) is 35.4 Å². The molecule has 2 aliphatic heterocycles. The Kier molecular flexibility index (Phi) is 5.86. The zero-order valence-corrected chi connectivity index (χ0v) is 19.7. The molecule has 0 N–H and O–H groups in total. The first kappa shape index (κ1) is 22.3. The third-order valence-electron chi connectivity index (χ3n) is 7.44. The van der Waals surface area contributed by atoms with Gasteiger partial charge in [-0.1, -0.05) is 84.9 Å². The van der Waals surface area contributed by atoms with Crippen LogP contribution in [0.4, 0.5) is 0 Å². The van der Waals surface area contributed by atoms with Gasteiger partial charge in [-0.2, -0.15) is 0 Å². The number of ketones is 2. The Bertz CT molecular complexity index is 1290. The van der Waals surface area contributed by atoms with E-state index in [1.54, 1.807) is 0 Å². The highest BCUT2D eigenvalue weighted by Gasteiger charge is 2.46. The molecule has 4 aromatic carbocycles. The number of hydrogen-bond acceptors (Lipinski definition) is 4. The molecular weight excluding hydrogens is 448 g/mol. The van der Waals surface area contributed by atoms with E-state index < -0.39 is 11.8 Å². The number of fused-ring (bicyclic) bond motifs is 2. The maximum absolute atomic E-state index is 13.9. The van der Waals surface area contributed by atoms with Gasteiger partial charge in [0.25, 0.3) is 0 Å². The first-order chi connectivity index (χ1) is 17.7. The second kappa shape index (κ2) is 9.46. The molecule has 0 bridgehead atoms. The Balaban J connectivity index is 1.51. The highest BCUT2D eigenvalue weighted by Crippen LogP contribution is 2.48. The van der Waals surface area contributed by atoms with Crippen molar-refractivity contribution in [1.29, 1.82) is 0 Å². The van der Waals surface area contributed by atoms with Crippen LogP contribution < -0.4 is 9.47 Å². The van der Waals surface area contributed by atoms with E-state index in [4.69, 9.17) is 9.47 Å². The van der Waals surface area contributed by atoms with Crippen LogP contribution in [0.3, 0.4) is 0 Å². The van der Waals surface area contributed by atoms with Gasteiger partial charge in [0, 0.05) is 11.8 Å². The Morgan fingerprint density at radius 2 is 0.861 bits per heavy atom. The Morgan fingerprint density at radius 3 is 1.28 bits per heavy atom. The van der Waals surface area contributed by atoms with Crippen molar-refractivity contribution in [3.05, 3.63) is 131 Å². The number of Topliss-reactive ketones (excluding diaryl/α,β-unsaturated/α-hetero) is 2. The van der Waals surface area contributed by atoms with Crippen molar-refractivity contribution in [1.82, 2.24) is 0 Å². The molecule has 2 heterocycles. The Labute approximate surface area is 210 Å². The van der Waals surface area contributed by atoms with E-state index in [2.05, 4.69) is 24.3 Å². The highest BCUT2D eigenvalue weighted by atomic mass is 16.5. The highest BCUT2D eigenvalue weighted by molar-refractivity contribution is 6.03. The largest absolute Gasteiger partial charge is 0.492 e. The molecule has 0 spiro atoms. The van der Waals surface area contributed by atoms with Gasteiger partial charge in [-0.15, -0.1) is 0 Å². The second-order valence-electron chi connectivity index (χ2n) is 9.43. The number of benzene rings is 4. The molecule has 0 aliphatic carbocycles. The molecular formula is C32H26O4. The summed E-state index contributed by atoms with van der Waals surface area (Å²) in [5.41, 5.74) is 3.22. The first-order valence-corrected chi connectivity index (χ1v) is 12.3. The van der Waals surface area contributed by atoms with E-state index in [1.165, 1.54) is 0 Å². The predicted molar refractivity (Wildman–Crippen MR) is 138 cm³/mol. The summed E-state index contributed by atoms with van der Waals surface area (Å²) in [4.78, 5) is 27.9. The van der Waals surface area contributed by atoms with Crippen molar-refractivity contribution >= 4 is 11.6 Å². The van der Waals surface area contributed by atoms with Crippen molar-refractivity contribution in [2.75, 3.05) is 13.2 Å². The zero-order chi connectivity index (χ0) is 24.5. The standard InChI is InChI=1S/C32H26O4/c33-31-23-15-7-9-17-27(23)35-19-25(31)29(21-11-3-1-4-12-21)30(22-13-5-2-6-14-22)26-20-36-28-18-10-8-16-24(28)32(26)34/h1-18,25-26,29-30H,19-20H2/t25-,26+,29-,30+. The van der Waals surface area contributed by atoms with Gasteiger partial charge in [0.1, 0.15) is 11.5 Å². The summed E-state index contributed by atoms with van der Waals surface area (Å²) < 4.78 is 12.3. The molecule has 0 amide bonds. The van der Waals surface area contributed by atoms with Crippen molar-refractivity contribution < 1.29 is 19.1 Å². The number of hydrogen-bond donors (Lipinski definition) is 0. The first-order valence-electron chi connectivity index (χ1n) is 12.3. The molecule has 6 rings (SSSR count). The molecule has 4 aromatic rings. The van der Waals surface area contributed by atoms with Gasteiger partial charge in [0.15, 0.2) is 11.6 Å². The fraction of sp³-hybridized carbons (Fsp3) is 0.188. The molecule has 0 radical (unpaired) electrons. The van der Waals surface area contributed by atoms with E-state index in [-0.39, 0.29) is 36.6 Å². The second-order valence-corrected chi connectivity index (χ2v) is 9.43. The van der Waals surface area contributed by atoms with Crippen LogP contribution in [-0.4, -0.2) is 24.8 Å². The summed E-state index contributed by atoms with van der Waals surface area (Å²) in [5.74, 6) is -0.113. The van der Waals surface area contributed by atoms with Crippen LogP contribution >= 0.6 is 0 Å². The molecule has 0 aromatic heterocycles. The molecule has 0 saturated heterocycles. The van der Waals surface area contributed by atoms with Crippen molar-refractivity contribution in [2.45, 2.75) is 11.8 Å². The quantitative estimate of drug-likeness (QED) is 0.339. The van der Waals surface area contributed by atoms with Gasteiger partial charge in [0.05, 0.1) is 36.2 Å². The van der Waals surface area contributed by atoms with E-state index in [0.717, 1.165) is 11.1 Å². The molecule has 0 unspecified atom stereocenters. The Hall–Kier alpha value is -4.18. The molecule has 4 atom stereocenters. The fourth-order valence-corrected chi connectivity index (χ4v) is 5.77. The van der Waals surface area contributed by atoms with E-state index in [0.29, 0.717) is 22.6 Å². The van der Waals surface area contributed by atoms with Crippen LogP contribution in [0.2, 0.25) is 0 Å². The maximum Gasteiger partial charge on any atom is 0.173 e. The summed E-state index contributed by atoms with van der Waals surface area (Å²) in [6.45, 7) is 0.522. The lowest BCUT2D eigenvalue weighted by Crippen LogP contribution is -2.41. The van der Waals surface area contributed by atoms with E-state index in [1.807, 2.05) is 84.9 Å². The van der Waals surface area contributed by atoms with Gasteiger partial charge < -0.3 is 9.47 Å². The molecule has 178 valence electrons. The van der Waals surface area contributed by atoms with Crippen LogP contribution in [0.1, 0.15) is 43.7 Å². The minimum atomic E-state index is -0.447. The summed E-state index contributed by atoms with van der Waals surface area (Å²) in [7, 11) is 0. The number of ether oxygens (including phenoxy) is 2. The van der Waals surface area contributed by atoms with Gasteiger partial charge in [0.2, 0.25) is 0 Å². The van der Waals surface area contributed by atoms with Gasteiger partial charge in [-0.25, -0.2) is 0 Å². The lowest BCUT2D eigenvalue weighted by Gasteiger charge is -2.40. The van der Waals surface area contributed by atoms with Crippen LogP contribution in [0, 0.1) is 11.8 Å². The number of carbonyl (C=O) groups excluding carboxylic acids is 2. The summed E-state index contributed by atoms with van der Waals surface area (Å²) in [6.07, 6.45) is 0. The SMILES string of the molecule is O=C1c2ccccc2OC[C@H]1[C@H](c1ccccc1)[C@H](c1ccccc1)[C@H]1COc2ccccc2C1=O. The minimum absolute atomic E-state index is 0.0520. The lowest BCUT2D eigenvalue weighted by molar-refractivity contribution is 0.0672. The number of carbonyl (C=O) groups is 2. The number of rotatable bonds is 5. The minimum Gasteiger partial charge on any atom is -0.492 e. The van der Waals surface area contributed by atoms with Gasteiger partial charge in [-0.3, -0.25) is 9.59 Å². The predicted octanol–water partition coefficient (Wildman–Crippen LogP) is 6.34. The molecule has 4 heteroatoms. The average Bonchev–Trinajstić information content (AvgIpc) is 2.94. The average molecular weight is 475 g/mol. The molecule has 36 heavy (non-hydrogen) atoms. The topological polar surface area (TPSA) is 52.6 Å². The van der Waals surface area contributed by atoms with Crippen LogP contribution in [-0.2, 0) is 0 Å². The van der Waals surface area contributed by atoms with E-state index >= 15 is 0 Å². The van der Waals surface area contributed by atoms with Crippen molar-refractivity contribution in [3.8, 4) is 11.5 Å². The van der Waals surface area contributed by atoms with Gasteiger partial charge >= 0.3 is 0 Å². The summed E-state index contributed by atoms with van der Waals surface area (Å²) in [5, 5.41) is 0. The summed E-state index contributed by atoms with van der Waals surface area (Å²) in [6, 6.07) is 34.9. The molecule has 4 nitrogen and oxygen atoms in total. The normalized spacial score (nSPS) is 20.3. The van der Waals surface area contributed by atoms with Crippen molar-refractivity contribution in [3.63, 3.8) is 0 Å². The molecule has 0 fully saturated rings. The van der Waals surface area contributed by atoms with Crippen LogP contribution in [0.5, 0.6) is 11.5 Å². The van der Waals surface area contributed by atoms with Crippen LogP contribution in [0.25, 0.3) is 0 Å². The molecule has 2 aliphatic rings. The third-order valence-corrected chi connectivity index (χ3v) is 7.44. The van der Waals surface area contributed by atoms with Crippen LogP contribution in [0.15, 0.2) is 109 Å². The summed E-state index contributed by atoms with van der Waals surface area (Å²) >= 11 is 0. The zero-order valence-electron chi connectivity index (χ0n) is 19.7. The lowest BCUT2D eigenvalue weighted by atomic mass is 9.65. The Morgan fingerprint density at radius 1 is 0.500 bits per heavy atom. The maximum atomic E-state index is 13.9. The molecule has 0 saturated carbocycles. The van der Waals surface area contributed by atoms with E-state index in [9.17, 15) is 9.59 Å². The smallest absolute Gasteiger partial charge is 0.173 e. The number of para-hydroxylation sites is 2. The monoisotopic (exact) mass is 474 g/mol. The van der Waals surface area contributed by atoms with Crippen molar-refractivity contribution in [2.24, 2.45) is 11.8 Å². The fourth-order valence-electron chi connectivity index (χ4n) is 5.77.